The Hall–Kier alpha value is -7.63. The highest BCUT2D eigenvalue weighted by atomic mass is 16.3. The summed E-state index contributed by atoms with van der Waals surface area (Å²) in [4.78, 5) is 14.9. The second-order valence-corrected chi connectivity index (χ2v) is 14.0. The molecule has 3 aromatic heterocycles. The van der Waals surface area contributed by atoms with Gasteiger partial charge in [0.15, 0.2) is 17.5 Å². The molecule has 0 atom stereocenters. The Balaban J connectivity index is 1.03. The number of hydrogen-bond donors (Lipinski definition) is 0. The van der Waals surface area contributed by atoms with E-state index in [1.807, 2.05) is 66.7 Å². The van der Waals surface area contributed by atoms with Gasteiger partial charge in [-0.15, -0.1) is 0 Å². The van der Waals surface area contributed by atoms with Crippen molar-refractivity contribution < 1.29 is 4.42 Å². The number of hydrogen-bond acceptors (Lipinski definition) is 4. The van der Waals surface area contributed by atoms with Gasteiger partial charge in [-0.25, -0.2) is 15.0 Å². The maximum atomic E-state index is 6.61. The molecule has 8 aromatic carbocycles. The Bertz CT molecular complexity index is 3160. The molecule has 262 valence electrons. The predicted octanol–water partition coefficient (Wildman–Crippen LogP) is 13.2. The first kappa shape index (κ1) is 31.9. The van der Waals surface area contributed by atoms with Crippen LogP contribution in [0.2, 0.25) is 0 Å². The van der Waals surface area contributed by atoms with E-state index in [1.54, 1.807) is 0 Å². The van der Waals surface area contributed by atoms with Gasteiger partial charge in [-0.1, -0.05) is 146 Å². The van der Waals surface area contributed by atoms with Crippen LogP contribution in [0.5, 0.6) is 0 Å². The zero-order chi connectivity index (χ0) is 37.0. The van der Waals surface area contributed by atoms with E-state index in [0.717, 1.165) is 77.2 Å². The van der Waals surface area contributed by atoms with Gasteiger partial charge in [-0.2, -0.15) is 0 Å². The smallest absolute Gasteiger partial charge is 0.164 e. The Morgan fingerprint density at radius 2 is 0.893 bits per heavy atom. The predicted molar refractivity (Wildman–Crippen MR) is 229 cm³/mol. The summed E-state index contributed by atoms with van der Waals surface area (Å²) in [5.41, 5.74) is 12.5. The number of fused-ring (bicyclic) bond motifs is 6. The highest BCUT2D eigenvalue weighted by molar-refractivity contribution is 6.14. The number of nitrogens with zero attached hydrogens (tertiary/aromatic N) is 4. The van der Waals surface area contributed by atoms with Crippen LogP contribution in [0.1, 0.15) is 0 Å². The van der Waals surface area contributed by atoms with E-state index in [0.29, 0.717) is 17.5 Å². The molecule has 0 saturated heterocycles. The third-order valence-electron chi connectivity index (χ3n) is 10.7. The molecule has 0 aliphatic heterocycles. The maximum Gasteiger partial charge on any atom is 0.164 e. The van der Waals surface area contributed by atoms with Crippen molar-refractivity contribution in [2.45, 2.75) is 0 Å². The van der Waals surface area contributed by atoms with Crippen molar-refractivity contribution in [3.05, 3.63) is 194 Å². The monoisotopic (exact) mass is 716 g/mol. The molecule has 0 N–H and O–H groups in total. The normalized spacial score (nSPS) is 11.6. The molecule has 0 bridgehead atoms. The Labute approximate surface area is 322 Å². The van der Waals surface area contributed by atoms with Gasteiger partial charge in [0, 0.05) is 50.0 Å². The lowest BCUT2D eigenvalue weighted by molar-refractivity contribution is 0.668. The summed E-state index contributed by atoms with van der Waals surface area (Å²) < 4.78 is 8.93. The summed E-state index contributed by atoms with van der Waals surface area (Å²) >= 11 is 0. The fourth-order valence-corrected chi connectivity index (χ4v) is 7.99. The molecule has 0 fully saturated rings. The molecule has 0 aliphatic rings. The van der Waals surface area contributed by atoms with E-state index in [1.165, 1.54) is 11.1 Å². The molecule has 11 aromatic rings. The summed E-state index contributed by atoms with van der Waals surface area (Å²) in [5.74, 6) is 1.91. The van der Waals surface area contributed by atoms with Crippen LogP contribution in [0.4, 0.5) is 0 Å². The summed E-state index contributed by atoms with van der Waals surface area (Å²) in [7, 11) is 0. The Kier molecular flexibility index (Phi) is 7.42. The molecule has 0 spiro atoms. The fourth-order valence-electron chi connectivity index (χ4n) is 7.99. The molecular formula is C51H32N4O. The maximum absolute atomic E-state index is 6.61. The van der Waals surface area contributed by atoms with E-state index < -0.39 is 0 Å². The average molecular weight is 717 g/mol. The number of benzene rings is 8. The first-order chi connectivity index (χ1) is 27.7. The van der Waals surface area contributed by atoms with Crippen molar-refractivity contribution in [2.75, 3.05) is 0 Å². The van der Waals surface area contributed by atoms with E-state index in [-0.39, 0.29) is 0 Å². The first-order valence-corrected chi connectivity index (χ1v) is 18.8. The SMILES string of the molecule is c1ccc(-c2ccc(-c3cccc4oc5cc(-n6c7ccccc7c7cc(-c8nc(-c9ccccc9)nc(-c9ccccc9)n8)ccc76)ccc5c34)cc2)cc1. The molecule has 3 heterocycles. The van der Waals surface area contributed by atoms with Gasteiger partial charge in [0.25, 0.3) is 0 Å². The van der Waals surface area contributed by atoms with Crippen LogP contribution in [0, 0.1) is 0 Å². The highest BCUT2D eigenvalue weighted by Gasteiger charge is 2.19. The molecule has 0 amide bonds. The third kappa shape index (κ3) is 5.37. The van der Waals surface area contributed by atoms with Crippen molar-refractivity contribution in [2.24, 2.45) is 0 Å². The zero-order valence-corrected chi connectivity index (χ0v) is 30.2. The molecular weight excluding hydrogens is 685 g/mol. The summed E-state index contributed by atoms with van der Waals surface area (Å²) in [6, 6.07) is 67.4. The van der Waals surface area contributed by atoms with Gasteiger partial charge in [-0.3, -0.25) is 0 Å². The topological polar surface area (TPSA) is 56.7 Å². The van der Waals surface area contributed by atoms with Crippen LogP contribution in [-0.4, -0.2) is 19.5 Å². The first-order valence-electron chi connectivity index (χ1n) is 18.8. The number of para-hydroxylation sites is 1. The lowest BCUT2D eigenvalue weighted by atomic mass is 9.97. The molecule has 0 aliphatic carbocycles. The van der Waals surface area contributed by atoms with Crippen molar-refractivity contribution in [1.82, 2.24) is 19.5 Å². The van der Waals surface area contributed by atoms with E-state index in [4.69, 9.17) is 19.4 Å². The van der Waals surface area contributed by atoms with E-state index in [2.05, 4.69) is 132 Å². The largest absolute Gasteiger partial charge is 0.456 e. The van der Waals surface area contributed by atoms with Gasteiger partial charge >= 0.3 is 0 Å². The second kappa shape index (κ2) is 13.0. The quantitative estimate of drug-likeness (QED) is 0.172. The number of aromatic nitrogens is 4. The molecule has 5 heteroatoms. The van der Waals surface area contributed by atoms with Gasteiger partial charge in [-0.05, 0) is 64.7 Å². The standard InChI is InChI=1S/C51H32N4O/c1-4-13-33(14-5-1)34-23-25-35(26-24-34)40-20-12-22-46-48(40)42-29-28-39(32-47(42)56-46)55-44-21-11-10-19-41(44)43-31-38(27-30-45(43)55)51-53-49(36-15-6-2-7-16-36)52-50(54-51)37-17-8-3-9-18-37/h1-32H. The molecule has 11 rings (SSSR count). The minimum absolute atomic E-state index is 0.630. The van der Waals surface area contributed by atoms with Crippen LogP contribution in [0.25, 0.3) is 106 Å². The molecule has 0 unspecified atom stereocenters. The third-order valence-corrected chi connectivity index (χ3v) is 10.7. The zero-order valence-electron chi connectivity index (χ0n) is 30.2. The number of furan rings is 1. The van der Waals surface area contributed by atoms with Crippen LogP contribution in [0.3, 0.4) is 0 Å². The minimum atomic E-state index is 0.630. The van der Waals surface area contributed by atoms with E-state index >= 15 is 0 Å². The fraction of sp³-hybridized carbons (Fsp3) is 0. The van der Waals surface area contributed by atoms with Crippen molar-refractivity contribution in [3.8, 4) is 62.1 Å². The lowest BCUT2D eigenvalue weighted by Crippen LogP contribution is -2.00. The molecule has 0 radical (unpaired) electrons. The van der Waals surface area contributed by atoms with Gasteiger partial charge in [0.2, 0.25) is 0 Å². The van der Waals surface area contributed by atoms with Crippen molar-refractivity contribution in [1.29, 1.82) is 0 Å². The van der Waals surface area contributed by atoms with Gasteiger partial charge < -0.3 is 8.98 Å². The van der Waals surface area contributed by atoms with Crippen LogP contribution >= 0.6 is 0 Å². The number of rotatable bonds is 6. The Morgan fingerprint density at radius 3 is 1.59 bits per heavy atom. The van der Waals surface area contributed by atoms with Crippen LogP contribution in [0.15, 0.2) is 199 Å². The average Bonchev–Trinajstić information content (AvgIpc) is 3.82. The molecule has 56 heavy (non-hydrogen) atoms. The Morgan fingerprint density at radius 1 is 0.339 bits per heavy atom. The van der Waals surface area contributed by atoms with Crippen LogP contribution < -0.4 is 0 Å². The summed E-state index contributed by atoms with van der Waals surface area (Å²) in [5, 5.41) is 4.48. The lowest BCUT2D eigenvalue weighted by Gasteiger charge is -2.10. The summed E-state index contributed by atoms with van der Waals surface area (Å²) in [6.45, 7) is 0. The minimum Gasteiger partial charge on any atom is -0.456 e. The van der Waals surface area contributed by atoms with Gasteiger partial charge in [0.1, 0.15) is 11.2 Å². The van der Waals surface area contributed by atoms with Crippen molar-refractivity contribution in [3.63, 3.8) is 0 Å². The second-order valence-electron chi connectivity index (χ2n) is 14.0. The summed E-state index contributed by atoms with van der Waals surface area (Å²) in [6.07, 6.45) is 0. The van der Waals surface area contributed by atoms with Crippen molar-refractivity contribution >= 4 is 43.7 Å². The molecule has 0 saturated carbocycles. The van der Waals surface area contributed by atoms with Crippen LogP contribution in [-0.2, 0) is 0 Å². The molecule has 5 nitrogen and oxygen atoms in total. The highest BCUT2D eigenvalue weighted by Crippen LogP contribution is 2.40. The van der Waals surface area contributed by atoms with E-state index in [9.17, 15) is 0 Å². The van der Waals surface area contributed by atoms with Gasteiger partial charge in [0.05, 0.1) is 11.0 Å².